The molecule has 2 amide bonds. The Kier molecular flexibility index (Phi) is 9.75. The van der Waals surface area contributed by atoms with Gasteiger partial charge in [-0.1, -0.05) is 6.42 Å². The van der Waals surface area contributed by atoms with Crippen molar-refractivity contribution in [2.45, 2.75) is 30.6 Å². The molecule has 0 atom stereocenters. The second kappa shape index (κ2) is 13.0. The molecule has 0 bridgehead atoms. The lowest BCUT2D eigenvalue weighted by atomic mass is 10.1. The first-order chi connectivity index (χ1) is 16.0. The van der Waals surface area contributed by atoms with Crippen molar-refractivity contribution in [2.75, 3.05) is 56.2 Å². The van der Waals surface area contributed by atoms with Crippen LogP contribution in [0.25, 0.3) is 0 Å². The monoisotopic (exact) mass is 470 g/mol. The highest BCUT2D eigenvalue weighted by Gasteiger charge is 2.20. The van der Waals surface area contributed by atoms with Gasteiger partial charge in [0, 0.05) is 55.4 Å². The highest BCUT2D eigenvalue weighted by atomic mass is 32.2. The van der Waals surface area contributed by atoms with E-state index < -0.39 is 0 Å². The third-order valence-electron chi connectivity index (χ3n) is 5.71. The van der Waals surface area contributed by atoms with Crippen LogP contribution >= 0.6 is 11.8 Å². The molecule has 0 unspecified atom stereocenters. The zero-order valence-corrected chi connectivity index (χ0v) is 20.1. The zero-order valence-electron chi connectivity index (χ0n) is 19.3. The van der Waals surface area contributed by atoms with Crippen LogP contribution in [0.5, 0.6) is 5.75 Å². The molecule has 3 N–H and O–H groups in total. The van der Waals surface area contributed by atoms with E-state index in [2.05, 4.69) is 22.3 Å². The second-order valence-electron chi connectivity index (χ2n) is 8.08. The summed E-state index contributed by atoms with van der Waals surface area (Å²) >= 11 is 1.50. The van der Waals surface area contributed by atoms with Crippen LogP contribution in [0.2, 0.25) is 0 Å². The molecule has 0 spiro atoms. The Morgan fingerprint density at radius 3 is 2.33 bits per heavy atom. The molecule has 33 heavy (non-hydrogen) atoms. The molecule has 2 aromatic rings. The first kappa shape index (κ1) is 24.8. The fourth-order valence-electron chi connectivity index (χ4n) is 3.73. The summed E-state index contributed by atoms with van der Waals surface area (Å²) in [6.07, 6.45) is 3.25. The summed E-state index contributed by atoms with van der Waals surface area (Å²) in [5.41, 5.74) is 7.55. The van der Waals surface area contributed by atoms with Crippen LogP contribution in [-0.4, -0.2) is 62.3 Å². The number of unbranched alkanes of at least 4 members (excludes halogenated alkanes) is 2. The quantitative estimate of drug-likeness (QED) is 0.297. The van der Waals surface area contributed by atoms with Crippen molar-refractivity contribution in [1.82, 2.24) is 10.2 Å². The molecule has 8 heteroatoms. The Bertz CT molecular complexity index is 882. The van der Waals surface area contributed by atoms with Gasteiger partial charge in [-0.25, -0.2) is 0 Å². The first-order valence-electron chi connectivity index (χ1n) is 11.5. The number of nitrogens with one attached hydrogen (secondary N) is 1. The zero-order chi connectivity index (χ0) is 23.5. The highest BCUT2D eigenvalue weighted by Crippen LogP contribution is 2.21. The van der Waals surface area contributed by atoms with Gasteiger partial charge in [-0.3, -0.25) is 9.59 Å². The maximum atomic E-state index is 12.5. The van der Waals surface area contributed by atoms with E-state index >= 15 is 0 Å². The number of rotatable bonds is 11. The third-order valence-corrected chi connectivity index (χ3v) is 6.72. The number of carbonyl (C=O) groups excluding carboxylic acids is 2. The number of amides is 2. The van der Waals surface area contributed by atoms with E-state index in [0.717, 1.165) is 67.5 Å². The molecule has 1 heterocycles. The Morgan fingerprint density at radius 1 is 0.970 bits per heavy atom. The molecule has 1 aliphatic rings. The standard InChI is InChI=1S/C25H34N4O3S/c1-32-22-10-8-21(9-11-22)28-15-17-29(18-16-28)25(31)5-3-2-4-14-27-24(30)19-33-23-12-6-20(26)7-13-23/h6-13H,2-5,14-19,26H2,1H3,(H,27,30). The van der Waals surface area contributed by atoms with Gasteiger partial charge in [0.25, 0.3) is 0 Å². The maximum Gasteiger partial charge on any atom is 0.230 e. The number of hydrogen-bond acceptors (Lipinski definition) is 6. The predicted octanol–water partition coefficient (Wildman–Crippen LogP) is 3.39. The van der Waals surface area contributed by atoms with E-state index in [4.69, 9.17) is 10.5 Å². The third kappa shape index (κ3) is 8.20. The largest absolute Gasteiger partial charge is 0.497 e. The molecule has 1 saturated heterocycles. The van der Waals surface area contributed by atoms with E-state index in [0.29, 0.717) is 18.7 Å². The average Bonchev–Trinajstić information content (AvgIpc) is 2.85. The topological polar surface area (TPSA) is 87.9 Å². The van der Waals surface area contributed by atoms with Crippen LogP contribution in [0.4, 0.5) is 11.4 Å². The van der Waals surface area contributed by atoms with Crippen molar-refractivity contribution < 1.29 is 14.3 Å². The van der Waals surface area contributed by atoms with Gasteiger partial charge in [0.1, 0.15) is 5.75 Å². The van der Waals surface area contributed by atoms with Crippen molar-refractivity contribution in [2.24, 2.45) is 0 Å². The summed E-state index contributed by atoms with van der Waals surface area (Å²) in [5, 5.41) is 2.95. The Morgan fingerprint density at radius 2 is 1.67 bits per heavy atom. The minimum atomic E-state index is 0.0302. The highest BCUT2D eigenvalue weighted by molar-refractivity contribution is 8.00. The van der Waals surface area contributed by atoms with E-state index in [9.17, 15) is 9.59 Å². The summed E-state index contributed by atoms with van der Waals surface area (Å²) in [6.45, 7) is 3.85. The molecule has 1 fully saturated rings. The fourth-order valence-corrected chi connectivity index (χ4v) is 4.46. The maximum absolute atomic E-state index is 12.5. The number of piperazine rings is 1. The van der Waals surface area contributed by atoms with Crippen molar-refractivity contribution in [3.05, 3.63) is 48.5 Å². The van der Waals surface area contributed by atoms with Gasteiger partial charge in [0.05, 0.1) is 12.9 Å². The number of ether oxygens (including phenoxy) is 1. The molecule has 0 aliphatic carbocycles. The van der Waals surface area contributed by atoms with Crippen molar-refractivity contribution in [3.8, 4) is 5.75 Å². The predicted molar refractivity (Wildman–Crippen MR) is 135 cm³/mol. The molecule has 0 aromatic heterocycles. The Labute approximate surface area is 200 Å². The first-order valence-corrected chi connectivity index (χ1v) is 12.5. The van der Waals surface area contributed by atoms with Crippen LogP contribution in [0.15, 0.2) is 53.4 Å². The average molecular weight is 471 g/mol. The Balaban J connectivity index is 1.23. The van der Waals surface area contributed by atoms with E-state index in [1.54, 1.807) is 7.11 Å². The summed E-state index contributed by atoms with van der Waals surface area (Å²) in [7, 11) is 1.67. The van der Waals surface area contributed by atoms with Gasteiger partial charge in [0.15, 0.2) is 0 Å². The van der Waals surface area contributed by atoms with Gasteiger partial charge in [0.2, 0.25) is 11.8 Å². The molecular weight excluding hydrogens is 436 g/mol. The number of nitrogens with zero attached hydrogens (tertiary/aromatic N) is 2. The van der Waals surface area contributed by atoms with Gasteiger partial charge in [-0.2, -0.15) is 0 Å². The minimum absolute atomic E-state index is 0.0302. The van der Waals surface area contributed by atoms with Crippen LogP contribution in [0, 0.1) is 0 Å². The normalized spacial score (nSPS) is 13.6. The number of anilines is 2. The number of nitrogens with two attached hydrogens (primary N) is 1. The van der Waals surface area contributed by atoms with Crippen molar-refractivity contribution in [3.63, 3.8) is 0 Å². The smallest absolute Gasteiger partial charge is 0.230 e. The number of hydrogen-bond donors (Lipinski definition) is 2. The number of nitrogen functional groups attached to an aromatic ring is 1. The van der Waals surface area contributed by atoms with Gasteiger partial charge >= 0.3 is 0 Å². The Hall–Kier alpha value is -2.87. The van der Waals surface area contributed by atoms with Crippen LogP contribution in [-0.2, 0) is 9.59 Å². The number of thioether (sulfide) groups is 1. The minimum Gasteiger partial charge on any atom is -0.497 e. The molecule has 2 aromatic carbocycles. The molecule has 7 nitrogen and oxygen atoms in total. The van der Waals surface area contributed by atoms with Crippen LogP contribution < -0.4 is 20.7 Å². The molecular formula is C25H34N4O3S. The number of carbonyl (C=O) groups is 2. The molecule has 0 saturated carbocycles. The molecule has 1 aliphatic heterocycles. The summed E-state index contributed by atoms with van der Waals surface area (Å²) in [5.74, 6) is 1.50. The fraction of sp³-hybridized carbons (Fsp3) is 0.440. The lowest BCUT2D eigenvalue weighted by molar-refractivity contribution is -0.131. The van der Waals surface area contributed by atoms with E-state index in [-0.39, 0.29) is 11.8 Å². The second-order valence-corrected chi connectivity index (χ2v) is 9.13. The van der Waals surface area contributed by atoms with E-state index in [1.165, 1.54) is 11.8 Å². The lowest BCUT2D eigenvalue weighted by Crippen LogP contribution is -2.48. The van der Waals surface area contributed by atoms with Crippen LogP contribution in [0.1, 0.15) is 25.7 Å². The molecule has 3 rings (SSSR count). The summed E-state index contributed by atoms with van der Waals surface area (Å²) < 4.78 is 5.21. The lowest BCUT2D eigenvalue weighted by Gasteiger charge is -2.36. The van der Waals surface area contributed by atoms with Crippen molar-refractivity contribution >= 4 is 35.0 Å². The van der Waals surface area contributed by atoms with Gasteiger partial charge < -0.3 is 25.6 Å². The van der Waals surface area contributed by atoms with E-state index in [1.807, 2.05) is 41.3 Å². The van der Waals surface area contributed by atoms with Crippen molar-refractivity contribution in [1.29, 1.82) is 0 Å². The van der Waals surface area contributed by atoms with Crippen LogP contribution in [0.3, 0.4) is 0 Å². The summed E-state index contributed by atoms with van der Waals surface area (Å²) in [4.78, 5) is 29.8. The van der Waals surface area contributed by atoms with Gasteiger partial charge in [-0.15, -0.1) is 11.8 Å². The molecule has 178 valence electrons. The van der Waals surface area contributed by atoms with Gasteiger partial charge in [-0.05, 0) is 61.4 Å². The number of benzene rings is 2. The summed E-state index contributed by atoms with van der Waals surface area (Å²) in [6, 6.07) is 15.6. The molecule has 0 radical (unpaired) electrons. The number of methoxy groups -OCH3 is 1. The SMILES string of the molecule is COc1ccc(N2CCN(C(=O)CCCCCNC(=O)CSc3ccc(N)cc3)CC2)cc1.